The minimum absolute atomic E-state index is 0.0574. The molecule has 0 saturated carbocycles. The fourth-order valence-corrected chi connectivity index (χ4v) is 1.53. The number of aromatic nitrogens is 3. The number of carbonyl (C=O) groups is 1. The van der Waals surface area contributed by atoms with Crippen molar-refractivity contribution in [1.82, 2.24) is 25.2 Å². The Morgan fingerprint density at radius 2 is 2.43 bits per heavy atom. The van der Waals surface area contributed by atoms with Gasteiger partial charge in [-0.3, -0.25) is 9.69 Å². The van der Waals surface area contributed by atoms with E-state index in [1.807, 2.05) is 10.9 Å². The lowest BCUT2D eigenvalue weighted by molar-refractivity contribution is -0.123. The van der Waals surface area contributed by atoms with Gasteiger partial charge in [-0.1, -0.05) is 5.21 Å². The zero-order valence-corrected chi connectivity index (χ0v) is 8.05. The molecule has 1 aliphatic rings. The third-order valence-electron chi connectivity index (χ3n) is 2.40. The highest BCUT2D eigenvalue weighted by molar-refractivity contribution is 5.77. The monoisotopic (exact) mass is 195 g/mol. The fraction of sp³-hybridized carbons (Fsp3) is 0.625. The van der Waals surface area contributed by atoms with Gasteiger partial charge in [-0.15, -0.1) is 5.10 Å². The Kier molecular flexibility index (Phi) is 2.45. The molecule has 2 rings (SSSR count). The lowest BCUT2D eigenvalue weighted by Gasteiger charge is -2.38. The van der Waals surface area contributed by atoms with E-state index in [1.54, 1.807) is 13.2 Å². The van der Waals surface area contributed by atoms with Crippen molar-refractivity contribution in [1.29, 1.82) is 0 Å². The lowest BCUT2D eigenvalue weighted by Crippen LogP contribution is -2.51. The minimum atomic E-state index is 0.0574. The van der Waals surface area contributed by atoms with Crippen LogP contribution in [0.1, 0.15) is 6.04 Å². The molecular weight excluding hydrogens is 182 g/mol. The number of likely N-dealkylation sites (tertiary alicyclic amines) is 1. The number of amides is 1. The Bertz CT molecular complexity index is 304. The van der Waals surface area contributed by atoms with Crippen LogP contribution in [-0.2, 0) is 4.79 Å². The van der Waals surface area contributed by atoms with Crippen LogP contribution in [0.25, 0.3) is 0 Å². The van der Waals surface area contributed by atoms with Gasteiger partial charge in [0.25, 0.3) is 0 Å². The van der Waals surface area contributed by atoms with Crippen molar-refractivity contribution in [3.8, 4) is 0 Å². The summed E-state index contributed by atoms with van der Waals surface area (Å²) in [6.45, 7) is 2.22. The highest BCUT2D eigenvalue weighted by Crippen LogP contribution is 2.18. The molecule has 0 bridgehead atoms. The molecule has 1 aromatic heterocycles. The quantitative estimate of drug-likeness (QED) is 0.663. The molecule has 76 valence electrons. The maximum Gasteiger partial charge on any atom is 0.233 e. The van der Waals surface area contributed by atoms with Gasteiger partial charge in [-0.2, -0.15) is 0 Å². The summed E-state index contributed by atoms with van der Waals surface area (Å²) < 4.78 is 1.83. The SMILES string of the molecule is CNC(=O)CN1CC(n2ccnn2)C1. The summed E-state index contributed by atoms with van der Waals surface area (Å²) in [6, 6.07) is 0.377. The highest BCUT2D eigenvalue weighted by Gasteiger charge is 2.29. The minimum Gasteiger partial charge on any atom is -0.358 e. The second-order valence-electron chi connectivity index (χ2n) is 3.40. The first-order chi connectivity index (χ1) is 6.79. The Morgan fingerprint density at radius 3 is 3.00 bits per heavy atom. The molecule has 0 spiro atoms. The van der Waals surface area contributed by atoms with Gasteiger partial charge in [-0.25, -0.2) is 4.68 Å². The highest BCUT2D eigenvalue weighted by atomic mass is 16.1. The third-order valence-corrected chi connectivity index (χ3v) is 2.40. The summed E-state index contributed by atoms with van der Waals surface area (Å²) in [7, 11) is 1.65. The van der Waals surface area contributed by atoms with E-state index in [9.17, 15) is 4.79 Å². The zero-order valence-electron chi connectivity index (χ0n) is 8.05. The Morgan fingerprint density at radius 1 is 1.64 bits per heavy atom. The standard InChI is InChI=1S/C8H13N5O/c1-9-8(14)6-12-4-7(5-12)13-3-2-10-11-13/h2-3,7H,4-6H2,1H3,(H,9,14). The number of rotatable bonds is 3. The molecular formula is C8H13N5O. The van der Waals surface area contributed by atoms with E-state index in [1.165, 1.54) is 0 Å². The van der Waals surface area contributed by atoms with Gasteiger partial charge >= 0.3 is 0 Å². The predicted molar refractivity (Wildman–Crippen MR) is 49.6 cm³/mol. The van der Waals surface area contributed by atoms with Crippen molar-refractivity contribution in [2.24, 2.45) is 0 Å². The van der Waals surface area contributed by atoms with E-state index < -0.39 is 0 Å². The Labute approximate surface area is 81.9 Å². The van der Waals surface area contributed by atoms with Crippen LogP contribution in [-0.4, -0.2) is 52.5 Å². The van der Waals surface area contributed by atoms with E-state index in [4.69, 9.17) is 0 Å². The normalized spacial score (nSPS) is 17.8. The summed E-state index contributed by atoms with van der Waals surface area (Å²) in [4.78, 5) is 13.1. The first kappa shape index (κ1) is 9.14. The van der Waals surface area contributed by atoms with Crippen LogP contribution in [0.3, 0.4) is 0 Å². The average Bonchev–Trinajstić information content (AvgIpc) is 2.62. The molecule has 14 heavy (non-hydrogen) atoms. The van der Waals surface area contributed by atoms with Gasteiger partial charge in [0.1, 0.15) is 0 Å². The van der Waals surface area contributed by atoms with Crippen molar-refractivity contribution in [3.05, 3.63) is 12.4 Å². The number of likely N-dealkylation sites (N-methyl/N-ethyl adjacent to an activating group) is 1. The molecule has 1 aliphatic heterocycles. The molecule has 2 heterocycles. The maximum absolute atomic E-state index is 11.0. The van der Waals surface area contributed by atoms with Crippen LogP contribution in [0.5, 0.6) is 0 Å². The molecule has 1 amide bonds. The van der Waals surface area contributed by atoms with Crippen LogP contribution < -0.4 is 5.32 Å². The van der Waals surface area contributed by atoms with Crippen LogP contribution >= 0.6 is 0 Å². The molecule has 0 aliphatic carbocycles. The van der Waals surface area contributed by atoms with E-state index in [-0.39, 0.29) is 5.91 Å². The van der Waals surface area contributed by atoms with E-state index in [2.05, 4.69) is 20.5 Å². The molecule has 6 heteroatoms. The number of hydrogen-bond acceptors (Lipinski definition) is 4. The van der Waals surface area contributed by atoms with Gasteiger partial charge in [-0.05, 0) is 0 Å². The van der Waals surface area contributed by atoms with E-state index in [0.29, 0.717) is 12.6 Å². The zero-order chi connectivity index (χ0) is 9.97. The molecule has 0 unspecified atom stereocenters. The van der Waals surface area contributed by atoms with E-state index in [0.717, 1.165) is 13.1 Å². The second-order valence-corrected chi connectivity index (χ2v) is 3.40. The van der Waals surface area contributed by atoms with Gasteiger partial charge in [0.05, 0.1) is 18.8 Å². The Hall–Kier alpha value is -1.43. The summed E-state index contributed by atoms with van der Waals surface area (Å²) in [5.41, 5.74) is 0. The molecule has 1 N–H and O–H groups in total. The number of nitrogens with zero attached hydrogens (tertiary/aromatic N) is 4. The summed E-state index contributed by atoms with van der Waals surface area (Å²) in [5, 5.41) is 10.3. The topological polar surface area (TPSA) is 63.1 Å². The van der Waals surface area contributed by atoms with Crippen LogP contribution in [0, 0.1) is 0 Å². The molecule has 0 radical (unpaired) electrons. The summed E-state index contributed by atoms with van der Waals surface area (Å²) in [5.74, 6) is 0.0574. The number of nitrogens with one attached hydrogen (secondary N) is 1. The fourth-order valence-electron chi connectivity index (χ4n) is 1.53. The first-order valence-corrected chi connectivity index (χ1v) is 4.58. The van der Waals surface area contributed by atoms with Crippen molar-refractivity contribution in [3.63, 3.8) is 0 Å². The summed E-state index contributed by atoms with van der Waals surface area (Å²) in [6.07, 6.45) is 3.52. The van der Waals surface area contributed by atoms with Crippen LogP contribution in [0.15, 0.2) is 12.4 Å². The van der Waals surface area contributed by atoms with Gasteiger partial charge in [0, 0.05) is 26.3 Å². The smallest absolute Gasteiger partial charge is 0.233 e. The largest absolute Gasteiger partial charge is 0.358 e. The molecule has 1 fully saturated rings. The van der Waals surface area contributed by atoms with E-state index >= 15 is 0 Å². The third kappa shape index (κ3) is 1.74. The van der Waals surface area contributed by atoms with Crippen molar-refractivity contribution >= 4 is 5.91 Å². The Balaban J connectivity index is 1.77. The number of carbonyl (C=O) groups excluding carboxylic acids is 1. The van der Waals surface area contributed by atoms with Crippen molar-refractivity contribution in [2.45, 2.75) is 6.04 Å². The molecule has 6 nitrogen and oxygen atoms in total. The van der Waals surface area contributed by atoms with Crippen molar-refractivity contribution < 1.29 is 4.79 Å². The molecule has 0 aromatic carbocycles. The van der Waals surface area contributed by atoms with Gasteiger partial charge < -0.3 is 5.32 Å². The average molecular weight is 195 g/mol. The molecule has 1 saturated heterocycles. The van der Waals surface area contributed by atoms with Crippen LogP contribution in [0.2, 0.25) is 0 Å². The second kappa shape index (κ2) is 3.75. The number of hydrogen-bond donors (Lipinski definition) is 1. The first-order valence-electron chi connectivity index (χ1n) is 4.58. The maximum atomic E-state index is 11.0. The lowest BCUT2D eigenvalue weighted by atomic mass is 10.1. The molecule has 0 atom stereocenters. The predicted octanol–water partition coefficient (Wildman–Crippen LogP) is -1.12. The van der Waals surface area contributed by atoms with Gasteiger partial charge in [0.15, 0.2) is 0 Å². The van der Waals surface area contributed by atoms with Gasteiger partial charge in [0.2, 0.25) is 5.91 Å². The van der Waals surface area contributed by atoms with Crippen molar-refractivity contribution in [2.75, 3.05) is 26.7 Å². The van der Waals surface area contributed by atoms with Crippen LogP contribution in [0.4, 0.5) is 0 Å². The molecule has 1 aromatic rings. The summed E-state index contributed by atoms with van der Waals surface area (Å²) >= 11 is 0.